The minimum absolute atomic E-state index is 0.126. The molecule has 140 valence electrons. The number of nitrogens with zero attached hydrogens (tertiary/aromatic N) is 3. The van der Waals surface area contributed by atoms with Gasteiger partial charge in [-0.3, -0.25) is 0 Å². The Kier molecular flexibility index (Phi) is 5.83. The maximum atomic E-state index is 13.2. The van der Waals surface area contributed by atoms with Crippen LogP contribution in [0, 0.1) is 5.92 Å². The summed E-state index contributed by atoms with van der Waals surface area (Å²) in [6.45, 7) is 1.23. The van der Waals surface area contributed by atoms with E-state index in [2.05, 4.69) is 14.8 Å². The highest BCUT2D eigenvalue weighted by Crippen LogP contribution is 2.37. The van der Waals surface area contributed by atoms with Crippen molar-refractivity contribution in [1.82, 2.24) is 4.98 Å². The Morgan fingerprint density at radius 3 is 2.44 bits per heavy atom. The van der Waals surface area contributed by atoms with Gasteiger partial charge in [-0.1, -0.05) is 28.7 Å². The van der Waals surface area contributed by atoms with Crippen LogP contribution < -0.4 is 5.01 Å². The molecule has 0 radical (unpaired) electrons. The molecule has 0 spiro atoms. The highest BCUT2D eigenvalue weighted by Gasteiger charge is 2.53. The summed E-state index contributed by atoms with van der Waals surface area (Å²) in [6.07, 6.45) is -13.7. The number of anilines is 1. The van der Waals surface area contributed by atoms with Gasteiger partial charge in [-0.15, -0.1) is 0 Å². The molecule has 0 saturated heterocycles. The molecule has 0 aliphatic carbocycles. The lowest BCUT2D eigenvalue weighted by Gasteiger charge is -2.29. The first-order chi connectivity index (χ1) is 11.5. The number of alkyl halides is 7. The molecule has 3 unspecified atom stereocenters. The van der Waals surface area contributed by atoms with Crippen molar-refractivity contribution in [1.29, 1.82) is 0 Å². The number of hydrogen-bond donors (Lipinski definition) is 1. The number of hydrogen-bond acceptors (Lipinski definition) is 5. The molecule has 1 aromatic heterocycles. The molecule has 25 heavy (non-hydrogen) atoms. The lowest BCUT2D eigenvalue weighted by Crippen LogP contribution is -2.48. The Morgan fingerprint density at radius 2 is 1.92 bits per heavy atom. The third kappa shape index (κ3) is 4.34. The van der Waals surface area contributed by atoms with Crippen molar-refractivity contribution in [2.75, 3.05) is 9.62 Å². The van der Waals surface area contributed by atoms with Crippen LogP contribution in [0.5, 0.6) is 0 Å². The van der Waals surface area contributed by atoms with Gasteiger partial charge in [-0.05, 0) is 19.1 Å². The summed E-state index contributed by atoms with van der Waals surface area (Å²) < 4.78 is 82.2. The monoisotopic (exact) mass is 483 g/mol. The number of aliphatic hydroxyl groups is 1. The minimum atomic E-state index is -4.79. The van der Waals surface area contributed by atoms with Crippen LogP contribution in [0.15, 0.2) is 23.3 Å². The summed E-state index contributed by atoms with van der Waals surface area (Å²) in [6, 6.07) is 2.84. The quantitative estimate of drug-likeness (QED) is 0.405. The van der Waals surface area contributed by atoms with Crippen molar-refractivity contribution in [2.45, 2.75) is 31.6 Å². The van der Waals surface area contributed by atoms with E-state index in [4.69, 9.17) is 0 Å². The number of hydrazone groups is 1. The molecule has 1 aliphatic heterocycles. The Morgan fingerprint density at radius 1 is 1.28 bits per heavy atom. The lowest BCUT2D eigenvalue weighted by molar-refractivity contribution is -0.229. The second-order valence-electron chi connectivity index (χ2n) is 5.14. The fraction of sp³-hybridized carbons (Fsp3) is 0.538. The first-order valence-corrected chi connectivity index (χ1v) is 8.30. The Hall–Kier alpha value is -1.15. The smallest absolute Gasteiger partial charge is 0.371 e. The lowest BCUT2D eigenvalue weighted by atomic mass is 9.96. The molecule has 1 aromatic rings. The summed E-state index contributed by atoms with van der Waals surface area (Å²) in [5.74, 6) is -2.01. The molecule has 0 aromatic carbocycles. The highest BCUT2D eigenvalue weighted by atomic mass is 127. The van der Waals surface area contributed by atoms with Gasteiger partial charge in [-0.2, -0.15) is 31.4 Å². The topological polar surface area (TPSA) is 58.0 Å². The van der Waals surface area contributed by atoms with E-state index in [1.54, 1.807) is 22.6 Å². The average Bonchev–Trinajstić information content (AvgIpc) is 2.78. The second kappa shape index (κ2) is 7.23. The van der Waals surface area contributed by atoms with E-state index in [1.807, 2.05) is 0 Å². The second-order valence-corrected chi connectivity index (χ2v) is 5.76. The molecule has 2 rings (SSSR count). The third-order valence-electron chi connectivity index (χ3n) is 3.47. The maximum Gasteiger partial charge on any atom is 0.433 e. The van der Waals surface area contributed by atoms with Crippen LogP contribution in [-0.4, -0.2) is 38.9 Å². The van der Waals surface area contributed by atoms with Crippen molar-refractivity contribution in [3.63, 3.8) is 0 Å². The largest absolute Gasteiger partial charge is 0.433 e. The molecule has 5 nitrogen and oxygen atoms in total. The van der Waals surface area contributed by atoms with Crippen LogP contribution >= 0.6 is 22.6 Å². The molecular weight excluding hydrogens is 471 g/mol. The van der Waals surface area contributed by atoms with Gasteiger partial charge >= 0.3 is 12.4 Å². The highest BCUT2D eigenvalue weighted by molar-refractivity contribution is 14.1. The average molecular weight is 483 g/mol. The fourth-order valence-corrected chi connectivity index (χ4v) is 2.79. The number of ether oxygens (including phenoxy) is 1. The summed E-state index contributed by atoms with van der Waals surface area (Å²) in [5.41, 5.74) is -1.37. The molecule has 1 aliphatic rings. The van der Waals surface area contributed by atoms with Crippen LogP contribution in [0.25, 0.3) is 0 Å². The van der Waals surface area contributed by atoms with Gasteiger partial charge in [0.1, 0.15) is 5.69 Å². The van der Waals surface area contributed by atoms with E-state index in [-0.39, 0.29) is 10.3 Å². The van der Waals surface area contributed by atoms with Gasteiger partial charge in [0, 0.05) is 5.71 Å². The molecular formula is C13H12F6IN3O2. The zero-order valence-electron chi connectivity index (χ0n) is 12.5. The SMILES string of the molecule is CC1=NN(c2cccc(C(F)(F)F)n2)C(O)C1C(OCI)C(F)(F)F. The summed E-state index contributed by atoms with van der Waals surface area (Å²) in [5, 5.41) is 14.6. The van der Waals surface area contributed by atoms with E-state index in [0.29, 0.717) is 11.1 Å². The van der Waals surface area contributed by atoms with Crippen molar-refractivity contribution in [2.24, 2.45) is 11.0 Å². The van der Waals surface area contributed by atoms with Gasteiger partial charge < -0.3 is 9.84 Å². The van der Waals surface area contributed by atoms with E-state index in [1.165, 1.54) is 6.92 Å². The molecule has 1 N–H and O–H groups in total. The van der Waals surface area contributed by atoms with E-state index in [0.717, 1.165) is 12.1 Å². The number of aliphatic hydroxyl groups excluding tert-OH is 1. The molecule has 2 heterocycles. The van der Waals surface area contributed by atoms with Crippen molar-refractivity contribution in [3.05, 3.63) is 23.9 Å². The molecule has 12 heteroatoms. The van der Waals surface area contributed by atoms with Gasteiger partial charge in [0.2, 0.25) is 0 Å². The van der Waals surface area contributed by atoms with E-state index >= 15 is 0 Å². The van der Waals surface area contributed by atoms with Crippen LogP contribution in [0.1, 0.15) is 12.6 Å². The first-order valence-electron chi connectivity index (χ1n) is 6.77. The predicted octanol–water partition coefficient (Wildman–Crippen LogP) is 3.57. The maximum absolute atomic E-state index is 13.2. The number of pyridine rings is 1. The molecule has 0 fully saturated rings. The zero-order chi connectivity index (χ0) is 19.0. The Labute approximate surface area is 151 Å². The van der Waals surface area contributed by atoms with Gasteiger partial charge in [0.05, 0.1) is 10.5 Å². The van der Waals surface area contributed by atoms with Crippen LogP contribution in [0.4, 0.5) is 32.2 Å². The summed E-state index contributed by atoms with van der Waals surface area (Å²) in [7, 11) is 0. The number of rotatable bonds is 4. The number of aromatic nitrogens is 1. The van der Waals surface area contributed by atoms with Gasteiger partial charge in [0.15, 0.2) is 18.1 Å². The Balaban J connectivity index is 2.35. The standard InChI is InChI=1S/C13H12F6IN3O2/c1-6-9(10(25-5-20)13(17,18)19)11(24)23(22-6)8-4-2-3-7(21-8)12(14,15)16/h2-4,9-11,24H,5H2,1H3. The molecule has 0 bridgehead atoms. The minimum Gasteiger partial charge on any atom is -0.371 e. The molecule has 0 amide bonds. The van der Waals surface area contributed by atoms with Crippen molar-refractivity contribution in [3.8, 4) is 0 Å². The van der Waals surface area contributed by atoms with Crippen LogP contribution in [0.3, 0.4) is 0 Å². The predicted molar refractivity (Wildman–Crippen MR) is 84.1 cm³/mol. The summed E-state index contributed by atoms with van der Waals surface area (Å²) in [4.78, 5) is 3.32. The van der Waals surface area contributed by atoms with Crippen molar-refractivity contribution >= 4 is 34.1 Å². The Bertz CT molecular complexity index is 651. The fourth-order valence-electron chi connectivity index (χ4n) is 2.40. The van der Waals surface area contributed by atoms with Gasteiger partial charge in [-0.25, -0.2) is 9.99 Å². The number of halogens is 7. The van der Waals surface area contributed by atoms with Crippen molar-refractivity contribution < 1.29 is 36.2 Å². The zero-order valence-corrected chi connectivity index (χ0v) is 14.7. The molecule has 3 atom stereocenters. The van der Waals surface area contributed by atoms with E-state index in [9.17, 15) is 31.4 Å². The van der Waals surface area contributed by atoms with E-state index < -0.39 is 42.1 Å². The molecule has 0 saturated carbocycles. The summed E-state index contributed by atoms with van der Waals surface area (Å²) >= 11 is 1.58. The first kappa shape index (κ1) is 20.2. The third-order valence-corrected chi connectivity index (χ3v) is 3.83. The van der Waals surface area contributed by atoms with Crippen LogP contribution in [-0.2, 0) is 10.9 Å². The van der Waals surface area contributed by atoms with Gasteiger partial charge in [0.25, 0.3) is 0 Å². The normalized spacial score (nSPS) is 22.9. The van der Waals surface area contributed by atoms with Crippen LogP contribution in [0.2, 0.25) is 0 Å².